The van der Waals surface area contributed by atoms with Crippen LogP contribution in [0.2, 0.25) is 0 Å². The van der Waals surface area contributed by atoms with Gasteiger partial charge in [0.25, 0.3) is 5.91 Å². The van der Waals surface area contributed by atoms with E-state index in [1.807, 2.05) is 6.92 Å². The van der Waals surface area contributed by atoms with E-state index in [1.54, 1.807) is 11.4 Å². The molecule has 0 radical (unpaired) electrons. The summed E-state index contributed by atoms with van der Waals surface area (Å²) in [5, 5.41) is 15.8. The van der Waals surface area contributed by atoms with Crippen molar-refractivity contribution in [2.45, 2.75) is 13.5 Å². The number of ether oxygens (including phenoxy) is 1. The minimum atomic E-state index is -1.01. The first-order chi connectivity index (χ1) is 9.93. The largest absolute Gasteiger partial charge is 0.477 e. The first-order valence-corrected chi connectivity index (χ1v) is 6.14. The second kappa shape index (κ2) is 7.80. The average Bonchev–Trinajstić information content (AvgIpc) is 2.42. The summed E-state index contributed by atoms with van der Waals surface area (Å²) < 4.78 is 5.09. The van der Waals surface area contributed by atoms with Crippen molar-refractivity contribution in [1.82, 2.24) is 10.6 Å². The average molecular weight is 296 g/mol. The number of hydrogen-bond donors (Lipinski definition) is 3. The topological polar surface area (TPSA) is 137 Å². The summed E-state index contributed by atoms with van der Waals surface area (Å²) in [7, 11) is 0. The zero-order valence-corrected chi connectivity index (χ0v) is 11.4. The second-order valence-corrected chi connectivity index (χ2v) is 4.04. The van der Waals surface area contributed by atoms with E-state index in [-0.39, 0.29) is 11.4 Å². The van der Waals surface area contributed by atoms with Gasteiger partial charge in [-0.05, 0) is 18.2 Å². The molecule has 4 N–H and O–H groups in total. The minimum absolute atomic E-state index is 0.0463. The van der Waals surface area contributed by atoms with Crippen LogP contribution in [0.5, 0.6) is 5.75 Å². The highest BCUT2D eigenvalue weighted by molar-refractivity contribution is 5.94. The number of rotatable bonds is 7. The van der Waals surface area contributed by atoms with Crippen LogP contribution in [0.1, 0.15) is 12.5 Å². The van der Waals surface area contributed by atoms with Crippen LogP contribution >= 0.6 is 0 Å². The van der Waals surface area contributed by atoms with Crippen LogP contribution in [-0.2, 0) is 11.3 Å². The number of carbonyl (C=O) groups excluding carboxylic acids is 2. The molecule has 21 heavy (non-hydrogen) atoms. The van der Waals surface area contributed by atoms with E-state index in [2.05, 4.69) is 5.32 Å². The fourth-order valence-electron chi connectivity index (χ4n) is 1.52. The highest BCUT2D eigenvalue weighted by Crippen LogP contribution is 2.27. The molecule has 0 atom stereocenters. The Kier molecular flexibility index (Phi) is 6.08. The molecule has 9 heteroatoms. The summed E-state index contributed by atoms with van der Waals surface area (Å²) in [5.74, 6) is -0.830. The molecule has 0 saturated carbocycles. The van der Waals surface area contributed by atoms with Crippen molar-refractivity contribution in [3.63, 3.8) is 0 Å². The van der Waals surface area contributed by atoms with Crippen LogP contribution in [0.4, 0.5) is 10.5 Å². The molecule has 3 amide bonds. The van der Waals surface area contributed by atoms with Gasteiger partial charge in [0.1, 0.15) is 0 Å². The molecule has 0 aliphatic heterocycles. The van der Waals surface area contributed by atoms with E-state index in [0.29, 0.717) is 6.54 Å². The van der Waals surface area contributed by atoms with E-state index >= 15 is 0 Å². The lowest BCUT2D eigenvalue weighted by atomic mass is 10.2. The van der Waals surface area contributed by atoms with Crippen molar-refractivity contribution in [1.29, 1.82) is 0 Å². The predicted molar refractivity (Wildman–Crippen MR) is 73.7 cm³/mol. The molecular weight excluding hydrogens is 280 g/mol. The number of urea groups is 1. The monoisotopic (exact) mass is 296 g/mol. The molecule has 0 saturated heterocycles. The number of hydrogen-bond acceptors (Lipinski definition) is 6. The molecule has 0 aliphatic rings. The number of carbonyl (C=O) groups is 2. The molecule has 0 aromatic heterocycles. The van der Waals surface area contributed by atoms with Gasteiger partial charge >= 0.3 is 11.7 Å². The van der Waals surface area contributed by atoms with Crippen molar-refractivity contribution in [2.75, 3.05) is 13.2 Å². The number of nitrogens with two attached hydrogens (primary N) is 1. The third kappa shape index (κ3) is 5.45. The van der Waals surface area contributed by atoms with Crippen LogP contribution in [0.15, 0.2) is 18.2 Å². The van der Waals surface area contributed by atoms with Crippen molar-refractivity contribution < 1.29 is 19.2 Å². The number of nitro benzene ring substituents is 1. The van der Waals surface area contributed by atoms with Gasteiger partial charge in [-0.15, -0.1) is 0 Å². The standard InChI is InChI=1S/C12H16N4O5/c1-2-14-6-8-3-4-9(16(19)20)10(5-8)21-7-11(17)15-12(13)18/h3-5,14H,2,6-7H2,1H3,(H3,13,15,17,18). The molecule has 0 heterocycles. The van der Waals surface area contributed by atoms with Gasteiger partial charge < -0.3 is 15.8 Å². The number of benzene rings is 1. The molecule has 0 spiro atoms. The number of nitrogens with one attached hydrogen (secondary N) is 2. The minimum Gasteiger partial charge on any atom is -0.477 e. The Morgan fingerprint density at radius 1 is 1.43 bits per heavy atom. The summed E-state index contributed by atoms with van der Waals surface area (Å²) >= 11 is 0. The lowest BCUT2D eigenvalue weighted by Gasteiger charge is -2.08. The predicted octanol–water partition coefficient (Wildman–Crippen LogP) is 0.278. The SMILES string of the molecule is CCNCc1ccc([N+](=O)[O-])c(OCC(=O)NC(N)=O)c1. The Hall–Kier alpha value is -2.68. The fraction of sp³-hybridized carbons (Fsp3) is 0.333. The molecule has 0 fully saturated rings. The zero-order valence-electron chi connectivity index (χ0n) is 11.4. The molecule has 9 nitrogen and oxygen atoms in total. The summed E-state index contributed by atoms with van der Waals surface area (Å²) in [5.41, 5.74) is 5.29. The lowest BCUT2D eigenvalue weighted by molar-refractivity contribution is -0.385. The van der Waals surface area contributed by atoms with Gasteiger partial charge in [0.15, 0.2) is 12.4 Å². The van der Waals surface area contributed by atoms with Gasteiger partial charge in [-0.2, -0.15) is 0 Å². The van der Waals surface area contributed by atoms with Crippen molar-refractivity contribution in [3.8, 4) is 5.75 Å². The molecule has 0 bridgehead atoms. The van der Waals surface area contributed by atoms with Crippen LogP contribution < -0.4 is 21.1 Å². The number of nitro groups is 1. The summed E-state index contributed by atoms with van der Waals surface area (Å²) in [4.78, 5) is 32.0. The van der Waals surface area contributed by atoms with Gasteiger partial charge in [-0.25, -0.2) is 4.79 Å². The molecule has 1 rings (SSSR count). The van der Waals surface area contributed by atoms with Crippen molar-refractivity contribution in [3.05, 3.63) is 33.9 Å². The van der Waals surface area contributed by atoms with Crippen LogP contribution in [0.25, 0.3) is 0 Å². The van der Waals surface area contributed by atoms with Gasteiger partial charge in [0.05, 0.1) is 4.92 Å². The zero-order chi connectivity index (χ0) is 15.8. The number of amides is 3. The maximum Gasteiger partial charge on any atom is 0.318 e. The second-order valence-electron chi connectivity index (χ2n) is 4.04. The lowest BCUT2D eigenvalue weighted by Crippen LogP contribution is -2.38. The smallest absolute Gasteiger partial charge is 0.318 e. The number of primary amides is 1. The van der Waals surface area contributed by atoms with Gasteiger partial charge in [-0.3, -0.25) is 20.2 Å². The third-order valence-corrected chi connectivity index (χ3v) is 2.42. The molecule has 1 aromatic rings. The van der Waals surface area contributed by atoms with Crippen LogP contribution in [0.3, 0.4) is 0 Å². The fourth-order valence-corrected chi connectivity index (χ4v) is 1.52. The van der Waals surface area contributed by atoms with E-state index in [0.717, 1.165) is 12.1 Å². The van der Waals surface area contributed by atoms with E-state index < -0.39 is 23.5 Å². The molecule has 0 aliphatic carbocycles. The molecular formula is C12H16N4O5. The van der Waals surface area contributed by atoms with Crippen molar-refractivity contribution in [2.24, 2.45) is 5.73 Å². The highest BCUT2D eigenvalue weighted by Gasteiger charge is 2.17. The number of imide groups is 1. The maximum atomic E-state index is 11.2. The molecule has 1 aromatic carbocycles. The van der Waals surface area contributed by atoms with Gasteiger partial charge in [0, 0.05) is 12.6 Å². The summed E-state index contributed by atoms with van der Waals surface area (Å²) in [6.07, 6.45) is 0. The quantitative estimate of drug-likeness (QED) is 0.488. The van der Waals surface area contributed by atoms with Gasteiger partial charge in [0.2, 0.25) is 0 Å². The molecule has 114 valence electrons. The van der Waals surface area contributed by atoms with Crippen LogP contribution in [-0.4, -0.2) is 30.0 Å². The maximum absolute atomic E-state index is 11.2. The normalized spacial score (nSPS) is 9.95. The molecule has 0 unspecified atom stereocenters. The Labute approximate surface area is 120 Å². The van der Waals surface area contributed by atoms with E-state index in [4.69, 9.17) is 10.5 Å². The summed E-state index contributed by atoms with van der Waals surface area (Å²) in [6.45, 7) is 2.64. The Morgan fingerprint density at radius 2 is 2.14 bits per heavy atom. The van der Waals surface area contributed by atoms with E-state index in [1.165, 1.54) is 12.1 Å². The van der Waals surface area contributed by atoms with Crippen molar-refractivity contribution >= 4 is 17.6 Å². The van der Waals surface area contributed by atoms with Crippen LogP contribution in [0, 0.1) is 10.1 Å². The van der Waals surface area contributed by atoms with Gasteiger partial charge in [-0.1, -0.05) is 13.0 Å². The summed E-state index contributed by atoms with van der Waals surface area (Å²) in [6, 6.07) is 3.35. The Morgan fingerprint density at radius 3 is 2.71 bits per heavy atom. The Balaban J connectivity index is 2.83. The first-order valence-electron chi connectivity index (χ1n) is 6.14. The highest BCUT2D eigenvalue weighted by atomic mass is 16.6. The number of nitrogens with zero attached hydrogens (tertiary/aromatic N) is 1. The first kappa shape index (κ1) is 16.4. The third-order valence-electron chi connectivity index (χ3n) is 2.42. The van der Waals surface area contributed by atoms with E-state index in [9.17, 15) is 19.7 Å². The Bertz CT molecular complexity index is 546.